The number of para-hydroxylation sites is 1. The van der Waals surface area contributed by atoms with Crippen molar-refractivity contribution < 1.29 is 9.50 Å². The number of halogens is 1. The summed E-state index contributed by atoms with van der Waals surface area (Å²) in [7, 11) is 0. The number of rotatable bonds is 2. The van der Waals surface area contributed by atoms with Crippen LogP contribution in [0.2, 0.25) is 0 Å². The molecule has 0 amide bonds. The Balaban J connectivity index is 1.71. The standard InChI is InChI=1S/C18H11FN6O/c19-11-5-7-12(8-6-11)25-17-14(9-21-25)18-22-16(23-24(18)10-20-17)13-3-1-2-4-15(13)26/h1-10,26H. The molecule has 3 aromatic heterocycles. The van der Waals surface area contributed by atoms with Crippen molar-refractivity contribution in [2.24, 2.45) is 0 Å². The maximum atomic E-state index is 13.2. The third-order valence-corrected chi connectivity index (χ3v) is 4.12. The minimum absolute atomic E-state index is 0.106. The van der Waals surface area contributed by atoms with E-state index in [9.17, 15) is 9.50 Å². The Hall–Kier alpha value is -3.81. The van der Waals surface area contributed by atoms with Crippen LogP contribution in [0.25, 0.3) is 33.8 Å². The Labute approximate surface area is 146 Å². The van der Waals surface area contributed by atoms with E-state index in [0.29, 0.717) is 33.8 Å². The maximum Gasteiger partial charge on any atom is 0.185 e. The Kier molecular flexibility index (Phi) is 2.99. The van der Waals surface area contributed by atoms with Gasteiger partial charge >= 0.3 is 0 Å². The van der Waals surface area contributed by atoms with Crippen LogP contribution in [0.3, 0.4) is 0 Å². The zero-order valence-electron chi connectivity index (χ0n) is 13.3. The van der Waals surface area contributed by atoms with E-state index in [1.54, 1.807) is 51.8 Å². The van der Waals surface area contributed by atoms with E-state index in [2.05, 4.69) is 20.2 Å². The number of aromatic nitrogens is 6. The number of fused-ring (bicyclic) bond motifs is 3. The van der Waals surface area contributed by atoms with Crippen LogP contribution in [-0.4, -0.2) is 34.5 Å². The molecule has 0 atom stereocenters. The van der Waals surface area contributed by atoms with Gasteiger partial charge in [-0.3, -0.25) is 0 Å². The third-order valence-electron chi connectivity index (χ3n) is 4.12. The lowest BCUT2D eigenvalue weighted by atomic mass is 10.2. The first-order chi connectivity index (χ1) is 12.7. The monoisotopic (exact) mass is 346 g/mol. The van der Waals surface area contributed by atoms with Gasteiger partial charge in [0.1, 0.15) is 17.9 Å². The fraction of sp³-hybridized carbons (Fsp3) is 0. The van der Waals surface area contributed by atoms with E-state index in [1.165, 1.54) is 18.5 Å². The molecule has 2 aromatic carbocycles. The predicted octanol–water partition coefficient (Wildman–Crippen LogP) is 2.97. The predicted molar refractivity (Wildman–Crippen MR) is 92.5 cm³/mol. The lowest BCUT2D eigenvalue weighted by Gasteiger charge is -2.02. The number of nitrogens with zero attached hydrogens (tertiary/aromatic N) is 6. The lowest BCUT2D eigenvalue weighted by molar-refractivity contribution is 0.477. The summed E-state index contributed by atoms with van der Waals surface area (Å²) in [6.07, 6.45) is 3.18. The van der Waals surface area contributed by atoms with Crippen LogP contribution in [0.15, 0.2) is 61.1 Å². The normalized spacial score (nSPS) is 11.4. The van der Waals surface area contributed by atoms with E-state index in [0.717, 1.165) is 0 Å². The number of phenols is 1. The summed E-state index contributed by atoms with van der Waals surface area (Å²) in [4.78, 5) is 8.93. The average Bonchev–Trinajstić information content (AvgIpc) is 3.26. The highest BCUT2D eigenvalue weighted by Gasteiger charge is 2.15. The van der Waals surface area contributed by atoms with Gasteiger partial charge < -0.3 is 5.11 Å². The minimum Gasteiger partial charge on any atom is -0.507 e. The van der Waals surface area contributed by atoms with E-state index >= 15 is 0 Å². The van der Waals surface area contributed by atoms with Crippen LogP contribution in [-0.2, 0) is 0 Å². The van der Waals surface area contributed by atoms with Crippen molar-refractivity contribution in [3.8, 4) is 22.8 Å². The van der Waals surface area contributed by atoms with Gasteiger partial charge in [0.2, 0.25) is 0 Å². The highest BCUT2D eigenvalue weighted by Crippen LogP contribution is 2.27. The molecule has 0 aliphatic rings. The first kappa shape index (κ1) is 14.5. The lowest BCUT2D eigenvalue weighted by Crippen LogP contribution is -1.99. The van der Waals surface area contributed by atoms with Crippen molar-refractivity contribution in [3.05, 3.63) is 66.9 Å². The van der Waals surface area contributed by atoms with Crippen molar-refractivity contribution in [2.45, 2.75) is 0 Å². The van der Waals surface area contributed by atoms with Crippen LogP contribution in [0.5, 0.6) is 5.75 Å². The van der Waals surface area contributed by atoms with Gasteiger partial charge in [0.15, 0.2) is 17.1 Å². The van der Waals surface area contributed by atoms with Gasteiger partial charge in [-0.2, -0.15) is 5.10 Å². The maximum absolute atomic E-state index is 13.2. The molecule has 0 spiro atoms. The van der Waals surface area contributed by atoms with Crippen molar-refractivity contribution in [1.29, 1.82) is 0 Å². The van der Waals surface area contributed by atoms with Crippen LogP contribution in [0.4, 0.5) is 4.39 Å². The summed E-state index contributed by atoms with van der Waals surface area (Å²) in [5.41, 5.74) is 2.39. The fourth-order valence-corrected chi connectivity index (χ4v) is 2.87. The molecule has 0 saturated carbocycles. The Bertz CT molecular complexity index is 1260. The molecule has 8 heteroatoms. The molecule has 0 bridgehead atoms. The zero-order valence-corrected chi connectivity index (χ0v) is 13.3. The Morgan fingerprint density at radius 1 is 0.962 bits per heavy atom. The molecule has 5 aromatic rings. The number of benzene rings is 2. The highest BCUT2D eigenvalue weighted by atomic mass is 19.1. The summed E-state index contributed by atoms with van der Waals surface area (Å²) in [6, 6.07) is 12.9. The topological polar surface area (TPSA) is 81.1 Å². The zero-order chi connectivity index (χ0) is 17.7. The van der Waals surface area contributed by atoms with Crippen LogP contribution in [0.1, 0.15) is 0 Å². The summed E-state index contributed by atoms with van der Waals surface area (Å²) in [5, 5.41) is 19.5. The largest absolute Gasteiger partial charge is 0.507 e. The van der Waals surface area contributed by atoms with Gasteiger partial charge in [0.25, 0.3) is 0 Å². The molecule has 0 aliphatic heterocycles. The van der Waals surface area contributed by atoms with Crippen molar-refractivity contribution >= 4 is 16.7 Å². The fourth-order valence-electron chi connectivity index (χ4n) is 2.87. The number of phenolic OH excluding ortho intramolecular Hbond substituents is 1. The minimum atomic E-state index is -0.315. The molecular formula is C18H11FN6O. The molecule has 0 unspecified atom stereocenters. The molecule has 0 radical (unpaired) electrons. The molecule has 126 valence electrons. The smallest absolute Gasteiger partial charge is 0.185 e. The van der Waals surface area contributed by atoms with Gasteiger partial charge in [-0.05, 0) is 36.4 Å². The average molecular weight is 346 g/mol. The second-order valence-corrected chi connectivity index (χ2v) is 5.74. The summed E-state index contributed by atoms with van der Waals surface area (Å²) < 4.78 is 16.3. The van der Waals surface area contributed by atoms with Crippen molar-refractivity contribution in [3.63, 3.8) is 0 Å². The highest BCUT2D eigenvalue weighted by molar-refractivity contribution is 5.90. The van der Waals surface area contributed by atoms with Crippen LogP contribution >= 0.6 is 0 Å². The first-order valence-corrected chi connectivity index (χ1v) is 7.84. The molecule has 0 aliphatic carbocycles. The number of hydrogen-bond donors (Lipinski definition) is 1. The summed E-state index contributed by atoms with van der Waals surface area (Å²) >= 11 is 0. The molecule has 0 saturated heterocycles. The Morgan fingerprint density at radius 2 is 1.77 bits per heavy atom. The van der Waals surface area contributed by atoms with Gasteiger partial charge in [0, 0.05) is 0 Å². The van der Waals surface area contributed by atoms with Gasteiger partial charge in [-0.25, -0.2) is 23.6 Å². The van der Waals surface area contributed by atoms with E-state index in [-0.39, 0.29) is 11.6 Å². The van der Waals surface area contributed by atoms with Crippen LogP contribution < -0.4 is 0 Å². The van der Waals surface area contributed by atoms with E-state index < -0.39 is 0 Å². The molecular weight excluding hydrogens is 335 g/mol. The quantitative estimate of drug-likeness (QED) is 0.531. The van der Waals surface area contributed by atoms with Gasteiger partial charge in [0.05, 0.1) is 22.8 Å². The number of aromatic hydroxyl groups is 1. The third kappa shape index (κ3) is 2.12. The van der Waals surface area contributed by atoms with E-state index in [4.69, 9.17) is 0 Å². The number of hydrogen-bond acceptors (Lipinski definition) is 5. The molecule has 5 rings (SSSR count). The second kappa shape index (κ2) is 5.35. The SMILES string of the molecule is Oc1ccccc1-c1nc2c3cnn(-c4ccc(F)cc4)c3ncn2n1. The molecule has 26 heavy (non-hydrogen) atoms. The second-order valence-electron chi connectivity index (χ2n) is 5.74. The molecule has 1 N–H and O–H groups in total. The summed E-state index contributed by atoms with van der Waals surface area (Å²) in [5.74, 6) is 0.187. The van der Waals surface area contributed by atoms with E-state index in [1.807, 2.05) is 0 Å². The van der Waals surface area contributed by atoms with Crippen LogP contribution in [0, 0.1) is 5.82 Å². The van der Waals surface area contributed by atoms with Crippen molar-refractivity contribution in [2.75, 3.05) is 0 Å². The van der Waals surface area contributed by atoms with Gasteiger partial charge in [-0.15, -0.1) is 5.10 Å². The Morgan fingerprint density at radius 3 is 2.58 bits per heavy atom. The summed E-state index contributed by atoms with van der Waals surface area (Å²) in [6.45, 7) is 0. The van der Waals surface area contributed by atoms with Gasteiger partial charge in [-0.1, -0.05) is 12.1 Å². The molecule has 7 nitrogen and oxygen atoms in total. The first-order valence-electron chi connectivity index (χ1n) is 7.84. The molecule has 3 heterocycles. The van der Waals surface area contributed by atoms with Crippen molar-refractivity contribution in [1.82, 2.24) is 29.4 Å². The molecule has 0 fully saturated rings.